The number of halogens is 1. The van der Waals surface area contributed by atoms with Gasteiger partial charge in [-0.3, -0.25) is 4.79 Å². The largest absolute Gasteiger partial charge is 0.351 e. The number of amides is 1. The second kappa shape index (κ2) is 8.64. The van der Waals surface area contributed by atoms with Gasteiger partial charge in [0.2, 0.25) is 0 Å². The zero-order valence-electron chi connectivity index (χ0n) is 11.8. The number of benzene rings is 1. The highest BCUT2D eigenvalue weighted by atomic mass is 79.9. The predicted molar refractivity (Wildman–Crippen MR) is 87.3 cm³/mol. The fourth-order valence-electron chi connectivity index (χ4n) is 2.08. The number of rotatable bonds is 7. The Morgan fingerprint density at radius 1 is 1.32 bits per heavy atom. The molecule has 1 aromatic carbocycles. The van der Waals surface area contributed by atoms with Crippen molar-refractivity contribution < 1.29 is 4.79 Å². The van der Waals surface area contributed by atoms with E-state index in [9.17, 15) is 4.79 Å². The third kappa shape index (κ3) is 4.84. The molecular formula is C15H22BrNOS. The van der Waals surface area contributed by atoms with Crippen LogP contribution < -0.4 is 5.32 Å². The average Bonchev–Trinajstić information content (AvgIpc) is 2.45. The van der Waals surface area contributed by atoms with Crippen LogP contribution in [-0.2, 0) is 0 Å². The Labute approximate surface area is 128 Å². The highest BCUT2D eigenvalue weighted by molar-refractivity contribution is 9.09. The SMILES string of the molecule is CCC(CC)C(Br)CNC(=O)c1ccccc1SC. The maximum absolute atomic E-state index is 12.2. The molecule has 1 unspecified atom stereocenters. The quantitative estimate of drug-likeness (QED) is 0.589. The van der Waals surface area contributed by atoms with Gasteiger partial charge in [-0.15, -0.1) is 11.8 Å². The molecular weight excluding hydrogens is 322 g/mol. The van der Waals surface area contributed by atoms with Gasteiger partial charge in [0.25, 0.3) is 5.91 Å². The van der Waals surface area contributed by atoms with Gasteiger partial charge in [-0.05, 0) is 24.3 Å². The second-order valence-electron chi connectivity index (χ2n) is 4.50. The minimum Gasteiger partial charge on any atom is -0.351 e. The van der Waals surface area contributed by atoms with Crippen LogP contribution in [0.4, 0.5) is 0 Å². The summed E-state index contributed by atoms with van der Waals surface area (Å²) in [6.45, 7) is 5.05. The Morgan fingerprint density at radius 3 is 2.53 bits per heavy atom. The molecule has 1 aromatic rings. The molecule has 1 rings (SSSR count). The number of nitrogens with one attached hydrogen (secondary N) is 1. The van der Waals surface area contributed by atoms with E-state index in [1.165, 1.54) is 0 Å². The maximum Gasteiger partial charge on any atom is 0.252 e. The summed E-state index contributed by atoms with van der Waals surface area (Å²) in [5.74, 6) is 0.622. The van der Waals surface area contributed by atoms with E-state index in [0.29, 0.717) is 17.3 Å². The van der Waals surface area contributed by atoms with E-state index in [0.717, 1.165) is 23.3 Å². The van der Waals surface area contributed by atoms with Crippen LogP contribution in [-0.4, -0.2) is 23.5 Å². The molecule has 4 heteroatoms. The first kappa shape index (κ1) is 16.6. The van der Waals surface area contributed by atoms with Crippen molar-refractivity contribution in [2.75, 3.05) is 12.8 Å². The van der Waals surface area contributed by atoms with Crippen LogP contribution in [0, 0.1) is 5.92 Å². The van der Waals surface area contributed by atoms with Crippen LogP contribution in [0.5, 0.6) is 0 Å². The lowest BCUT2D eigenvalue weighted by Gasteiger charge is -2.20. The molecule has 1 amide bonds. The first-order valence-electron chi connectivity index (χ1n) is 6.69. The monoisotopic (exact) mass is 343 g/mol. The topological polar surface area (TPSA) is 29.1 Å². The number of carbonyl (C=O) groups is 1. The molecule has 0 heterocycles. The zero-order valence-corrected chi connectivity index (χ0v) is 14.2. The number of carbonyl (C=O) groups excluding carboxylic acids is 1. The first-order valence-corrected chi connectivity index (χ1v) is 8.83. The lowest BCUT2D eigenvalue weighted by Crippen LogP contribution is -2.33. The summed E-state index contributed by atoms with van der Waals surface area (Å²) in [7, 11) is 0. The molecule has 0 fully saturated rings. The molecule has 2 nitrogen and oxygen atoms in total. The predicted octanol–water partition coefficient (Wildman–Crippen LogP) is 4.34. The van der Waals surface area contributed by atoms with Gasteiger partial charge in [-0.1, -0.05) is 54.8 Å². The normalized spacial score (nSPS) is 12.5. The average molecular weight is 344 g/mol. The van der Waals surface area contributed by atoms with Crippen molar-refractivity contribution in [1.82, 2.24) is 5.32 Å². The van der Waals surface area contributed by atoms with Crippen molar-refractivity contribution in [2.45, 2.75) is 36.4 Å². The van der Waals surface area contributed by atoms with Crippen molar-refractivity contribution >= 4 is 33.6 Å². The molecule has 19 heavy (non-hydrogen) atoms. The van der Waals surface area contributed by atoms with Gasteiger partial charge >= 0.3 is 0 Å². The summed E-state index contributed by atoms with van der Waals surface area (Å²) in [5.41, 5.74) is 0.763. The van der Waals surface area contributed by atoms with E-state index in [1.54, 1.807) is 11.8 Å². The van der Waals surface area contributed by atoms with Gasteiger partial charge in [-0.2, -0.15) is 0 Å². The highest BCUT2D eigenvalue weighted by Gasteiger charge is 2.17. The summed E-state index contributed by atoms with van der Waals surface area (Å²) in [5, 5.41) is 3.02. The highest BCUT2D eigenvalue weighted by Crippen LogP contribution is 2.21. The molecule has 0 aromatic heterocycles. The molecule has 1 atom stereocenters. The van der Waals surface area contributed by atoms with Gasteiger partial charge < -0.3 is 5.32 Å². The molecule has 1 N–H and O–H groups in total. The van der Waals surface area contributed by atoms with Crippen LogP contribution in [0.1, 0.15) is 37.0 Å². The molecule has 0 spiro atoms. The van der Waals surface area contributed by atoms with E-state index < -0.39 is 0 Å². The Morgan fingerprint density at radius 2 is 1.95 bits per heavy atom. The number of alkyl halides is 1. The summed E-state index contributed by atoms with van der Waals surface area (Å²) < 4.78 is 0. The Hall–Kier alpha value is -0.480. The summed E-state index contributed by atoms with van der Waals surface area (Å²) in [6.07, 6.45) is 4.25. The fraction of sp³-hybridized carbons (Fsp3) is 0.533. The third-order valence-electron chi connectivity index (χ3n) is 3.37. The van der Waals surface area contributed by atoms with E-state index in [4.69, 9.17) is 0 Å². The van der Waals surface area contributed by atoms with E-state index in [-0.39, 0.29) is 5.91 Å². The molecule has 0 aliphatic heterocycles. The first-order chi connectivity index (χ1) is 9.13. The van der Waals surface area contributed by atoms with Crippen molar-refractivity contribution in [3.05, 3.63) is 29.8 Å². The molecule has 0 radical (unpaired) electrons. The smallest absolute Gasteiger partial charge is 0.252 e. The standard InChI is InChI=1S/C15H22BrNOS/c1-4-11(5-2)13(16)10-17-15(18)12-8-6-7-9-14(12)19-3/h6-9,11,13H,4-5,10H2,1-3H3,(H,17,18). The lowest BCUT2D eigenvalue weighted by molar-refractivity contribution is 0.0949. The minimum atomic E-state index is 0.0142. The maximum atomic E-state index is 12.2. The third-order valence-corrected chi connectivity index (χ3v) is 5.24. The van der Waals surface area contributed by atoms with Crippen LogP contribution in [0.2, 0.25) is 0 Å². The molecule has 0 bridgehead atoms. The Balaban J connectivity index is 2.60. The Bertz CT molecular complexity index is 407. The van der Waals surface area contributed by atoms with Crippen molar-refractivity contribution in [3.63, 3.8) is 0 Å². The van der Waals surface area contributed by atoms with Crippen molar-refractivity contribution in [1.29, 1.82) is 0 Å². The fourth-order valence-corrected chi connectivity index (χ4v) is 3.59. The zero-order chi connectivity index (χ0) is 14.3. The molecule has 0 saturated heterocycles. The van der Waals surface area contributed by atoms with E-state index >= 15 is 0 Å². The number of hydrogen-bond donors (Lipinski definition) is 1. The van der Waals surface area contributed by atoms with Gasteiger partial charge in [0.15, 0.2) is 0 Å². The molecule has 0 aliphatic rings. The van der Waals surface area contributed by atoms with Crippen molar-refractivity contribution in [2.24, 2.45) is 5.92 Å². The van der Waals surface area contributed by atoms with Gasteiger partial charge in [-0.25, -0.2) is 0 Å². The van der Waals surface area contributed by atoms with Crippen LogP contribution in [0.25, 0.3) is 0 Å². The molecule has 0 aliphatic carbocycles. The number of thioether (sulfide) groups is 1. The van der Waals surface area contributed by atoms with Crippen LogP contribution in [0.3, 0.4) is 0 Å². The van der Waals surface area contributed by atoms with E-state index in [2.05, 4.69) is 35.1 Å². The summed E-state index contributed by atoms with van der Waals surface area (Å²) in [4.78, 5) is 13.5. The van der Waals surface area contributed by atoms with Gasteiger partial charge in [0.1, 0.15) is 0 Å². The van der Waals surface area contributed by atoms with Gasteiger partial charge in [0.05, 0.1) is 5.56 Å². The van der Waals surface area contributed by atoms with Crippen LogP contribution >= 0.6 is 27.7 Å². The lowest BCUT2D eigenvalue weighted by atomic mass is 9.99. The molecule has 106 valence electrons. The van der Waals surface area contributed by atoms with Crippen molar-refractivity contribution in [3.8, 4) is 0 Å². The summed E-state index contributed by atoms with van der Waals surface area (Å²) >= 11 is 5.28. The molecule has 0 saturated carbocycles. The second-order valence-corrected chi connectivity index (χ2v) is 6.53. The Kier molecular flexibility index (Phi) is 7.54. The van der Waals surface area contributed by atoms with E-state index in [1.807, 2.05) is 30.5 Å². The minimum absolute atomic E-state index is 0.0142. The summed E-state index contributed by atoms with van der Waals surface area (Å²) in [6, 6.07) is 7.72. The number of hydrogen-bond acceptors (Lipinski definition) is 2. The van der Waals surface area contributed by atoms with Gasteiger partial charge in [0, 0.05) is 16.3 Å². The van der Waals surface area contributed by atoms with Crippen LogP contribution in [0.15, 0.2) is 29.2 Å².